The molecule has 0 aliphatic rings. The highest BCUT2D eigenvalue weighted by Gasteiger charge is 2.31. The van der Waals surface area contributed by atoms with Gasteiger partial charge in [-0.2, -0.15) is 0 Å². The molecule has 1 atom stereocenters. The Hall–Kier alpha value is -1.98. The van der Waals surface area contributed by atoms with Gasteiger partial charge in [0.2, 0.25) is 0 Å². The summed E-state index contributed by atoms with van der Waals surface area (Å²) in [5, 5.41) is 7.87. The predicted molar refractivity (Wildman–Crippen MR) is 86.5 cm³/mol. The summed E-state index contributed by atoms with van der Waals surface area (Å²) in [4.78, 5) is 12.3. The topological polar surface area (TPSA) is 71.4 Å². The smallest absolute Gasteiger partial charge is 0.183 e. The largest absolute Gasteiger partial charge is 0.395 e. The maximum Gasteiger partial charge on any atom is 0.183 e. The van der Waals surface area contributed by atoms with Crippen molar-refractivity contribution in [3.05, 3.63) is 60.2 Å². The Bertz CT molecular complexity index is 734. The Morgan fingerprint density at radius 2 is 1.55 bits per heavy atom. The lowest BCUT2D eigenvalue weighted by Gasteiger charge is -2.13. The minimum Gasteiger partial charge on any atom is -0.395 e. The van der Waals surface area contributed by atoms with Gasteiger partial charge in [0.05, 0.1) is 6.61 Å². The van der Waals surface area contributed by atoms with Crippen molar-refractivity contribution in [1.82, 2.24) is 0 Å². The molecule has 22 heavy (non-hydrogen) atoms. The third kappa shape index (κ3) is 3.43. The van der Waals surface area contributed by atoms with Crippen LogP contribution in [0.3, 0.4) is 0 Å². The number of rotatable bonds is 6. The van der Waals surface area contributed by atoms with Crippen LogP contribution in [0.25, 0.3) is 11.1 Å². The van der Waals surface area contributed by atoms with E-state index in [9.17, 15) is 18.3 Å². The van der Waals surface area contributed by atoms with Crippen molar-refractivity contribution < 1.29 is 18.3 Å². The van der Waals surface area contributed by atoms with E-state index < -0.39 is 27.5 Å². The summed E-state index contributed by atoms with van der Waals surface area (Å²) in [5.74, 6) is -0.740. The van der Waals surface area contributed by atoms with Crippen molar-refractivity contribution >= 4 is 15.6 Å². The fourth-order valence-electron chi connectivity index (χ4n) is 2.20. The lowest BCUT2D eigenvalue weighted by Crippen LogP contribution is -2.35. The number of hydrogen-bond donors (Lipinski definition) is 1. The van der Waals surface area contributed by atoms with Gasteiger partial charge in [-0.15, -0.1) is 0 Å². The molecular weight excluding hydrogens is 300 g/mol. The van der Waals surface area contributed by atoms with Crippen LogP contribution in [0.5, 0.6) is 0 Å². The molecule has 4 nitrogen and oxygen atoms in total. The Kier molecular flexibility index (Phi) is 5.11. The van der Waals surface area contributed by atoms with E-state index in [4.69, 9.17) is 0 Å². The quantitative estimate of drug-likeness (QED) is 0.830. The summed E-state index contributed by atoms with van der Waals surface area (Å²) in [5.41, 5.74) is 2.24. The molecule has 2 rings (SSSR count). The van der Waals surface area contributed by atoms with E-state index in [1.165, 1.54) is 6.92 Å². The number of Topliss-reactive ketones (excluding diaryl/α,β-unsaturated/α-hetero) is 1. The number of carbonyl (C=O) groups excluding carboxylic acids is 1. The molecule has 2 aromatic carbocycles. The summed E-state index contributed by atoms with van der Waals surface area (Å²) in [6.07, 6.45) is 0. The molecule has 0 saturated heterocycles. The van der Waals surface area contributed by atoms with E-state index in [-0.39, 0.29) is 11.3 Å². The monoisotopic (exact) mass is 318 g/mol. The van der Waals surface area contributed by atoms with Crippen molar-refractivity contribution in [1.29, 1.82) is 0 Å². The third-order valence-corrected chi connectivity index (χ3v) is 5.61. The van der Waals surface area contributed by atoms with Crippen LogP contribution >= 0.6 is 0 Å². The average molecular weight is 318 g/mol. The van der Waals surface area contributed by atoms with Gasteiger partial charge in [0, 0.05) is 11.3 Å². The van der Waals surface area contributed by atoms with Crippen molar-refractivity contribution in [3.8, 4) is 11.1 Å². The van der Waals surface area contributed by atoms with Crippen LogP contribution in [0, 0.1) is 0 Å². The van der Waals surface area contributed by atoms with Gasteiger partial charge in [-0.05, 0) is 11.1 Å². The third-order valence-electron chi connectivity index (χ3n) is 3.57. The van der Waals surface area contributed by atoms with Crippen LogP contribution < -0.4 is 0 Å². The molecule has 0 aliphatic heterocycles. The molecule has 0 amide bonds. The molecular formula is C17H18O4S. The van der Waals surface area contributed by atoms with Crippen LogP contribution in [-0.2, 0) is 9.84 Å². The average Bonchev–Trinajstić information content (AvgIpc) is 2.56. The maximum absolute atomic E-state index is 12.3. The molecule has 116 valence electrons. The molecule has 0 radical (unpaired) electrons. The molecule has 0 aromatic heterocycles. The summed E-state index contributed by atoms with van der Waals surface area (Å²) in [7, 11) is -3.62. The van der Waals surface area contributed by atoms with E-state index >= 15 is 0 Å². The number of aliphatic hydroxyl groups is 1. The van der Waals surface area contributed by atoms with E-state index in [2.05, 4.69) is 0 Å². The van der Waals surface area contributed by atoms with Crippen molar-refractivity contribution in [2.45, 2.75) is 12.2 Å². The summed E-state index contributed by atoms with van der Waals surface area (Å²) < 4.78 is 23.7. The second-order valence-corrected chi connectivity index (χ2v) is 7.40. The molecule has 1 N–H and O–H groups in total. The van der Waals surface area contributed by atoms with Crippen LogP contribution in [0.1, 0.15) is 17.3 Å². The zero-order chi connectivity index (χ0) is 16.2. The Morgan fingerprint density at radius 3 is 2.05 bits per heavy atom. The highest BCUT2D eigenvalue weighted by atomic mass is 32.2. The number of hydrogen-bond acceptors (Lipinski definition) is 4. The molecule has 5 heteroatoms. The summed E-state index contributed by atoms with van der Waals surface area (Å²) in [6, 6.07) is 16.4. The number of benzene rings is 2. The van der Waals surface area contributed by atoms with Gasteiger partial charge >= 0.3 is 0 Å². The lowest BCUT2D eigenvalue weighted by atomic mass is 10.0. The van der Waals surface area contributed by atoms with Gasteiger partial charge in [-0.1, -0.05) is 61.5 Å². The van der Waals surface area contributed by atoms with Crippen LogP contribution in [-0.4, -0.2) is 36.9 Å². The zero-order valence-corrected chi connectivity index (χ0v) is 13.1. The number of aliphatic hydroxyl groups excluding tert-OH is 1. The first-order chi connectivity index (χ1) is 10.5. The molecule has 0 heterocycles. The Balaban J connectivity index is 2.29. The van der Waals surface area contributed by atoms with E-state index in [1.807, 2.05) is 30.3 Å². The maximum atomic E-state index is 12.3. The second-order valence-electron chi connectivity index (χ2n) is 4.93. The molecule has 0 fully saturated rings. The van der Waals surface area contributed by atoms with Gasteiger partial charge in [0.25, 0.3) is 0 Å². The molecule has 0 aliphatic carbocycles. The van der Waals surface area contributed by atoms with Gasteiger partial charge in [0.1, 0.15) is 5.25 Å². The van der Waals surface area contributed by atoms with Gasteiger partial charge in [-0.25, -0.2) is 8.42 Å². The minimum absolute atomic E-state index is 0.175. The zero-order valence-electron chi connectivity index (χ0n) is 12.3. The first-order valence-electron chi connectivity index (χ1n) is 7.01. The minimum atomic E-state index is -3.62. The lowest BCUT2D eigenvalue weighted by molar-refractivity contribution is 0.0961. The SMILES string of the molecule is CCS(=O)(=O)[C@H](CO)C(=O)c1ccc(-c2ccccc2)cc1. The molecule has 2 aromatic rings. The summed E-state index contributed by atoms with van der Waals surface area (Å²) >= 11 is 0. The normalized spacial score (nSPS) is 12.8. The number of ketones is 1. The van der Waals surface area contributed by atoms with Gasteiger partial charge < -0.3 is 5.11 Å². The van der Waals surface area contributed by atoms with Crippen molar-refractivity contribution in [3.63, 3.8) is 0 Å². The van der Waals surface area contributed by atoms with Gasteiger partial charge in [0.15, 0.2) is 15.6 Å². The van der Waals surface area contributed by atoms with E-state index in [1.54, 1.807) is 24.3 Å². The fraction of sp³-hybridized carbons (Fsp3) is 0.235. The highest BCUT2D eigenvalue weighted by molar-refractivity contribution is 7.92. The van der Waals surface area contributed by atoms with Crippen LogP contribution in [0.15, 0.2) is 54.6 Å². The number of sulfone groups is 1. The molecule has 0 bridgehead atoms. The van der Waals surface area contributed by atoms with Crippen LogP contribution in [0.4, 0.5) is 0 Å². The first kappa shape index (κ1) is 16.4. The molecule has 0 unspecified atom stereocenters. The number of carbonyl (C=O) groups is 1. The molecule has 0 spiro atoms. The fourth-order valence-corrected chi connectivity index (χ4v) is 3.30. The van der Waals surface area contributed by atoms with E-state index in [0.29, 0.717) is 0 Å². The summed E-state index contributed by atoms with van der Waals surface area (Å²) in [6.45, 7) is 0.763. The molecule has 0 saturated carbocycles. The van der Waals surface area contributed by atoms with Gasteiger partial charge in [-0.3, -0.25) is 4.79 Å². The Morgan fingerprint density at radius 1 is 1.00 bits per heavy atom. The predicted octanol–water partition coefficient (Wildman–Crippen LogP) is 2.33. The highest BCUT2D eigenvalue weighted by Crippen LogP contribution is 2.20. The first-order valence-corrected chi connectivity index (χ1v) is 8.73. The van der Waals surface area contributed by atoms with E-state index in [0.717, 1.165) is 11.1 Å². The Labute approximate surface area is 130 Å². The standard InChI is InChI=1S/C17H18O4S/c1-2-22(20,21)16(12-18)17(19)15-10-8-14(9-11-15)13-6-4-3-5-7-13/h3-11,16,18H,2,12H2,1H3/t16-/m1/s1. The van der Waals surface area contributed by atoms with Crippen LogP contribution in [0.2, 0.25) is 0 Å². The second kappa shape index (κ2) is 6.85. The van der Waals surface area contributed by atoms with Crippen molar-refractivity contribution in [2.24, 2.45) is 0 Å². The van der Waals surface area contributed by atoms with Crippen molar-refractivity contribution in [2.75, 3.05) is 12.4 Å².